The van der Waals surface area contributed by atoms with Crippen LogP contribution in [0.4, 0.5) is 0 Å². The summed E-state index contributed by atoms with van der Waals surface area (Å²) in [4.78, 5) is 0. The van der Waals surface area contributed by atoms with Crippen LogP contribution in [0, 0.1) is 0 Å². The molecule has 0 amide bonds. The number of ether oxygens (including phenoxy) is 1. The van der Waals surface area contributed by atoms with E-state index < -0.39 is 0 Å². The van der Waals surface area contributed by atoms with E-state index in [-0.39, 0.29) is 0 Å². The van der Waals surface area contributed by atoms with E-state index in [1.165, 1.54) is 0 Å². The third-order valence-corrected chi connectivity index (χ3v) is 2.63. The molecule has 1 nitrogen and oxygen atoms in total. The second-order valence-corrected chi connectivity index (χ2v) is 3.99. The number of benzene rings is 2. The Morgan fingerprint density at radius 2 is 1.47 bits per heavy atom. The van der Waals surface area contributed by atoms with Crippen molar-refractivity contribution in [2.24, 2.45) is 0 Å². The molecule has 0 heterocycles. The van der Waals surface area contributed by atoms with Crippen molar-refractivity contribution >= 4 is 5.57 Å². The Kier molecular flexibility index (Phi) is 4.80. The summed E-state index contributed by atoms with van der Waals surface area (Å²) in [6.07, 6.45) is 3.31. The maximum absolute atomic E-state index is 5.28. The molecule has 0 radical (unpaired) electrons. The van der Waals surface area contributed by atoms with Crippen LogP contribution in [0.3, 0.4) is 0 Å². The van der Waals surface area contributed by atoms with Gasteiger partial charge in [0.1, 0.15) is 12.9 Å². The first-order valence-corrected chi connectivity index (χ1v) is 6.20. The van der Waals surface area contributed by atoms with Crippen molar-refractivity contribution in [2.75, 3.05) is 6.61 Å². The first-order chi connectivity index (χ1) is 9.42. The van der Waals surface area contributed by atoms with Crippen LogP contribution in [0.1, 0.15) is 11.1 Å². The second-order valence-electron chi connectivity index (χ2n) is 3.99. The lowest BCUT2D eigenvalue weighted by Crippen LogP contribution is -1.86. The molecule has 1 heteroatoms. The van der Waals surface area contributed by atoms with Gasteiger partial charge in [-0.3, -0.25) is 0 Å². The molecule has 19 heavy (non-hydrogen) atoms. The molecule has 0 N–H and O–H groups in total. The van der Waals surface area contributed by atoms with E-state index in [0.29, 0.717) is 6.61 Å². The molecule has 0 aliphatic heterocycles. The average molecular weight is 248 g/mol. The highest BCUT2D eigenvalue weighted by Crippen LogP contribution is 2.21. The van der Waals surface area contributed by atoms with Gasteiger partial charge in [0.2, 0.25) is 0 Å². The second kappa shape index (κ2) is 7.05. The van der Waals surface area contributed by atoms with Crippen LogP contribution >= 0.6 is 0 Å². The Morgan fingerprint density at radius 3 is 1.95 bits per heavy atom. The fourth-order valence-electron chi connectivity index (χ4n) is 1.76. The van der Waals surface area contributed by atoms with Crippen LogP contribution < -0.4 is 0 Å². The zero-order valence-electron chi connectivity index (χ0n) is 10.8. The van der Waals surface area contributed by atoms with Gasteiger partial charge in [-0.1, -0.05) is 79.0 Å². The summed E-state index contributed by atoms with van der Waals surface area (Å²) in [5, 5.41) is 0. The normalized spacial score (nSPS) is 9.26. The Bertz CT molecular complexity index is 534. The van der Waals surface area contributed by atoms with E-state index in [2.05, 4.69) is 36.6 Å². The zero-order valence-corrected chi connectivity index (χ0v) is 10.8. The minimum atomic E-state index is 0.490. The molecule has 0 bridgehead atoms. The summed E-state index contributed by atoms with van der Waals surface area (Å²) in [6, 6.07) is 20.3. The van der Waals surface area contributed by atoms with Gasteiger partial charge in [-0.2, -0.15) is 0 Å². The molecule has 94 valence electrons. The third-order valence-electron chi connectivity index (χ3n) is 2.63. The maximum atomic E-state index is 5.28. The van der Waals surface area contributed by atoms with Gasteiger partial charge in [0.25, 0.3) is 0 Å². The van der Waals surface area contributed by atoms with Crippen LogP contribution in [0.25, 0.3) is 5.57 Å². The van der Waals surface area contributed by atoms with Gasteiger partial charge in [0.05, 0.1) is 0 Å². The van der Waals surface area contributed by atoms with Crippen LogP contribution in [0.5, 0.6) is 0 Å². The zero-order chi connectivity index (χ0) is 13.3. The standard InChI is InChI=1S/C18H16O/c1-2-14-19-15-13-18(16-9-5-3-6-10-16)17-11-7-4-8-12-17/h2-12,15H,1,14H2. The van der Waals surface area contributed by atoms with Crippen molar-refractivity contribution in [3.05, 3.63) is 96.4 Å². The lowest BCUT2D eigenvalue weighted by atomic mass is 9.99. The molecule has 0 saturated heterocycles. The SMILES string of the molecule is C=CCOC=C=C(c1ccccc1)c1ccccc1. The van der Waals surface area contributed by atoms with Crippen LogP contribution in [0.15, 0.2) is 85.3 Å². The number of hydrogen-bond donors (Lipinski definition) is 0. The number of rotatable bonds is 5. The molecule has 0 fully saturated rings. The van der Waals surface area contributed by atoms with Gasteiger partial charge in [0, 0.05) is 5.57 Å². The molecule has 0 saturated carbocycles. The smallest absolute Gasteiger partial charge is 0.126 e. The van der Waals surface area contributed by atoms with E-state index in [0.717, 1.165) is 16.7 Å². The van der Waals surface area contributed by atoms with Crippen LogP contribution in [0.2, 0.25) is 0 Å². The first kappa shape index (κ1) is 12.9. The van der Waals surface area contributed by atoms with Crippen molar-refractivity contribution in [1.29, 1.82) is 0 Å². The van der Waals surface area contributed by atoms with Gasteiger partial charge in [-0.05, 0) is 11.1 Å². The van der Waals surface area contributed by atoms with Crippen molar-refractivity contribution in [1.82, 2.24) is 0 Å². The first-order valence-electron chi connectivity index (χ1n) is 6.20. The fraction of sp³-hybridized carbons (Fsp3) is 0.0556. The maximum Gasteiger partial charge on any atom is 0.126 e. The van der Waals surface area contributed by atoms with Gasteiger partial charge >= 0.3 is 0 Å². The van der Waals surface area contributed by atoms with Gasteiger partial charge in [-0.15, -0.1) is 0 Å². The van der Waals surface area contributed by atoms with Gasteiger partial charge in [0.15, 0.2) is 0 Å². The molecule has 0 unspecified atom stereocenters. The van der Waals surface area contributed by atoms with Crippen molar-refractivity contribution < 1.29 is 4.74 Å². The third kappa shape index (κ3) is 3.74. The predicted octanol–water partition coefficient (Wildman–Crippen LogP) is 4.43. The average Bonchev–Trinajstić information content (AvgIpc) is 2.49. The minimum Gasteiger partial charge on any atom is -0.489 e. The quantitative estimate of drug-likeness (QED) is 0.329. The van der Waals surface area contributed by atoms with Crippen molar-refractivity contribution in [3.8, 4) is 0 Å². The Labute approximate surface area is 114 Å². The predicted molar refractivity (Wildman–Crippen MR) is 79.6 cm³/mol. The molecule has 0 spiro atoms. The van der Waals surface area contributed by atoms with Gasteiger partial charge in [-0.25, -0.2) is 0 Å². The Morgan fingerprint density at radius 1 is 0.947 bits per heavy atom. The molecule has 0 aliphatic rings. The largest absolute Gasteiger partial charge is 0.489 e. The molecular formula is C18H16O. The summed E-state index contributed by atoms with van der Waals surface area (Å²) in [6.45, 7) is 4.10. The summed E-state index contributed by atoms with van der Waals surface area (Å²) in [5.41, 5.74) is 6.46. The van der Waals surface area contributed by atoms with E-state index in [1.54, 1.807) is 12.3 Å². The highest BCUT2D eigenvalue weighted by atomic mass is 16.5. The molecule has 2 rings (SSSR count). The monoisotopic (exact) mass is 248 g/mol. The summed E-state index contributed by atoms with van der Waals surface area (Å²) in [5.74, 6) is 0. The molecule has 2 aromatic rings. The van der Waals surface area contributed by atoms with E-state index in [4.69, 9.17) is 4.74 Å². The summed E-state index contributed by atoms with van der Waals surface area (Å²) < 4.78 is 5.28. The molecule has 0 aromatic heterocycles. The van der Waals surface area contributed by atoms with Gasteiger partial charge < -0.3 is 4.74 Å². The topological polar surface area (TPSA) is 9.23 Å². The highest BCUT2D eigenvalue weighted by molar-refractivity contribution is 5.79. The summed E-state index contributed by atoms with van der Waals surface area (Å²) >= 11 is 0. The van der Waals surface area contributed by atoms with E-state index >= 15 is 0 Å². The molecular weight excluding hydrogens is 232 g/mol. The lowest BCUT2D eigenvalue weighted by Gasteiger charge is -2.05. The molecule has 2 aromatic carbocycles. The van der Waals surface area contributed by atoms with Crippen LogP contribution in [-0.4, -0.2) is 6.61 Å². The molecule has 0 aliphatic carbocycles. The van der Waals surface area contributed by atoms with Crippen molar-refractivity contribution in [2.45, 2.75) is 0 Å². The lowest BCUT2D eigenvalue weighted by molar-refractivity contribution is 0.291. The Balaban J connectivity index is 2.40. The van der Waals surface area contributed by atoms with Crippen molar-refractivity contribution in [3.63, 3.8) is 0 Å². The number of hydrogen-bond acceptors (Lipinski definition) is 1. The minimum absolute atomic E-state index is 0.490. The molecule has 0 atom stereocenters. The summed E-state index contributed by atoms with van der Waals surface area (Å²) in [7, 11) is 0. The Hall–Kier alpha value is -2.50. The van der Waals surface area contributed by atoms with E-state index in [1.807, 2.05) is 36.4 Å². The highest BCUT2D eigenvalue weighted by Gasteiger charge is 2.02. The van der Waals surface area contributed by atoms with E-state index in [9.17, 15) is 0 Å². The van der Waals surface area contributed by atoms with Crippen LogP contribution in [-0.2, 0) is 4.74 Å². The fourth-order valence-corrected chi connectivity index (χ4v) is 1.76.